The molecule has 0 amide bonds. The molecule has 5 rings (SSSR count). The van der Waals surface area contributed by atoms with Crippen molar-refractivity contribution < 1.29 is 18.7 Å². The van der Waals surface area contributed by atoms with Gasteiger partial charge in [-0.15, -0.1) is 5.10 Å². The number of carbonyl (C=O) groups is 1. The van der Waals surface area contributed by atoms with Crippen molar-refractivity contribution in [2.75, 3.05) is 20.2 Å². The molecule has 0 bridgehead atoms. The van der Waals surface area contributed by atoms with Gasteiger partial charge < -0.3 is 14.0 Å². The number of rotatable bonds is 7. The van der Waals surface area contributed by atoms with Crippen molar-refractivity contribution >= 4 is 28.6 Å². The third-order valence-electron chi connectivity index (χ3n) is 6.55. The van der Waals surface area contributed by atoms with Crippen molar-refractivity contribution in [2.24, 2.45) is 7.05 Å². The van der Waals surface area contributed by atoms with E-state index in [0.29, 0.717) is 22.7 Å². The molecule has 0 spiro atoms. The highest BCUT2D eigenvalue weighted by atomic mass is 35.5. The molecule has 0 saturated carbocycles. The van der Waals surface area contributed by atoms with Crippen LogP contribution in [0.2, 0.25) is 5.02 Å². The highest BCUT2D eigenvalue weighted by Crippen LogP contribution is 2.25. The van der Waals surface area contributed by atoms with E-state index in [4.69, 9.17) is 26.1 Å². The maximum atomic E-state index is 14.0. The molecule has 1 saturated heterocycles. The quantitative estimate of drug-likeness (QED) is 0.344. The average molecular weight is 513 g/mol. The largest absolute Gasteiger partial charge is 0.465 e. The summed E-state index contributed by atoms with van der Waals surface area (Å²) < 4.78 is 28.2. The predicted octanol–water partition coefficient (Wildman–Crippen LogP) is 4.16. The molecular formula is C25H26ClFN6O3. The molecule has 11 heteroatoms. The number of aryl methyl sites for hydroxylation is 1. The molecule has 36 heavy (non-hydrogen) atoms. The van der Waals surface area contributed by atoms with Gasteiger partial charge in [0.25, 0.3) is 0 Å². The fraction of sp³-hybridized carbons (Fsp3) is 0.360. The first-order valence-corrected chi connectivity index (χ1v) is 12.0. The number of halogens is 2. The highest BCUT2D eigenvalue weighted by molar-refractivity contribution is 6.30. The average Bonchev–Trinajstić information content (AvgIpc) is 3.48. The lowest BCUT2D eigenvalue weighted by Crippen LogP contribution is -2.35. The van der Waals surface area contributed by atoms with Crippen molar-refractivity contribution in [3.05, 3.63) is 70.5 Å². The number of piperidine rings is 1. The summed E-state index contributed by atoms with van der Waals surface area (Å²) in [6.07, 6.45) is 3.48. The van der Waals surface area contributed by atoms with Crippen LogP contribution in [0.25, 0.3) is 11.0 Å². The minimum Gasteiger partial charge on any atom is -0.465 e. The summed E-state index contributed by atoms with van der Waals surface area (Å²) in [4.78, 5) is 23.2. The van der Waals surface area contributed by atoms with Gasteiger partial charge in [-0.3, -0.25) is 4.90 Å². The SMILES string of the molecule is COC(=O)c1ccc2nc(CN3CCC(n4cnc(OCc5ccc(Cl)cc5F)n4)CC3)n(C)c2c1. The van der Waals surface area contributed by atoms with Crippen LogP contribution in [0, 0.1) is 5.82 Å². The van der Waals surface area contributed by atoms with E-state index in [1.165, 1.54) is 13.2 Å². The minimum absolute atomic E-state index is 0.0323. The third-order valence-corrected chi connectivity index (χ3v) is 6.79. The van der Waals surface area contributed by atoms with Gasteiger partial charge in [0.1, 0.15) is 24.6 Å². The predicted molar refractivity (Wildman–Crippen MR) is 131 cm³/mol. The summed E-state index contributed by atoms with van der Waals surface area (Å²) in [5, 5.41) is 4.78. The summed E-state index contributed by atoms with van der Waals surface area (Å²) in [6.45, 7) is 2.51. The number of aromatic nitrogens is 5. The van der Waals surface area contributed by atoms with Gasteiger partial charge in [-0.25, -0.2) is 18.9 Å². The number of likely N-dealkylation sites (tertiary alicyclic amines) is 1. The standard InChI is InChI=1S/C25H26ClFN6O3/c1-31-22-11-16(24(34)35-2)4-6-21(22)29-23(31)13-32-9-7-19(8-10-32)33-15-28-25(30-33)36-14-17-3-5-18(26)12-20(17)27/h3-6,11-12,15,19H,7-10,13-14H2,1-2H3. The van der Waals surface area contributed by atoms with Crippen LogP contribution in [0.1, 0.15) is 40.6 Å². The van der Waals surface area contributed by atoms with Crippen LogP contribution in [-0.4, -0.2) is 55.4 Å². The van der Waals surface area contributed by atoms with Crippen molar-refractivity contribution in [3.63, 3.8) is 0 Å². The molecule has 3 heterocycles. The summed E-state index contributed by atoms with van der Waals surface area (Å²) in [7, 11) is 3.34. The Morgan fingerprint density at radius 3 is 2.75 bits per heavy atom. The number of imidazole rings is 1. The van der Waals surface area contributed by atoms with Crippen LogP contribution in [0.15, 0.2) is 42.7 Å². The second-order valence-electron chi connectivity index (χ2n) is 8.82. The van der Waals surface area contributed by atoms with E-state index in [2.05, 4.69) is 15.0 Å². The Balaban J connectivity index is 1.17. The lowest BCUT2D eigenvalue weighted by molar-refractivity contribution is 0.0601. The smallest absolute Gasteiger partial charge is 0.337 e. The first kappa shape index (κ1) is 24.2. The number of carbonyl (C=O) groups excluding carboxylic acids is 1. The number of esters is 1. The van der Waals surface area contributed by atoms with Gasteiger partial charge in [0.2, 0.25) is 0 Å². The molecule has 1 fully saturated rings. The third kappa shape index (κ3) is 5.05. The number of hydrogen-bond acceptors (Lipinski definition) is 7. The number of hydrogen-bond donors (Lipinski definition) is 0. The first-order chi connectivity index (χ1) is 17.4. The first-order valence-electron chi connectivity index (χ1n) is 11.6. The number of benzene rings is 2. The number of ether oxygens (including phenoxy) is 2. The van der Waals surface area contributed by atoms with Gasteiger partial charge in [-0.05, 0) is 43.2 Å². The Morgan fingerprint density at radius 1 is 1.19 bits per heavy atom. The molecule has 2 aromatic carbocycles. The molecule has 0 atom stereocenters. The van der Waals surface area contributed by atoms with Gasteiger partial charge in [-0.2, -0.15) is 4.98 Å². The number of methoxy groups -OCH3 is 1. The van der Waals surface area contributed by atoms with Gasteiger partial charge in [0, 0.05) is 30.7 Å². The maximum absolute atomic E-state index is 14.0. The van der Waals surface area contributed by atoms with Gasteiger partial charge in [0.15, 0.2) is 0 Å². The van der Waals surface area contributed by atoms with Crippen LogP contribution in [0.3, 0.4) is 0 Å². The van der Waals surface area contributed by atoms with Crippen molar-refractivity contribution in [3.8, 4) is 6.01 Å². The monoisotopic (exact) mass is 512 g/mol. The summed E-state index contributed by atoms with van der Waals surface area (Å²) in [5.74, 6) is 0.163. The highest BCUT2D eigenvalue weighted by Gasteiger charge is 2.23. The van der Waals surface area contributed by atoms with Gasteiger partial charge in [-0.1, -0.05) is 17.7 Å². The van der Waals surface area contributed by atoms with E-state index in [0.717, 1.165) is 42.8 Å². The normalized spacial score (nSPS) is 14.9. The fourth-order valence-corrected chi connectivity index (χ4v) is 4.61. The number of nitrogens with zero attached hydrogens (tertiary/aromatic N) is 6. The Labute approximate surface area is 212 Å². The second kappa shape index (κ2) is 10.2. The van der Waals surface area contributed by atoms with Crippen LogP contribution < -0.4 is 4.74 Å². The zero-order chi connectivity index (χ0) is 25.2. The summed E-state index contributed by atoms with van der Waals surface area (Å²) >= 11 is 5.79. The fourth-order valence-electron chi connectivity index (χ4n) is 4.45. The van der Waals surface area contributed by atoms with Crippen LogP contribution in [-0.2, 0) is 24.9 Å². The molecule has 4 aromatic rings. The van der Waals surface area contributed by atoms with E-state index in [1.807, 2.05) is 28.4 Å². The van der Waals surface area contributed by atoms with E-state index in [-0.39, 0.29) is 24.6 Å². The molecular weight excluding hydrogens is 487 g/mol. The molecule has 9 nitrogen and oxygen atoms in total. The summed E-state index contributed by atoms with van der Waals surface area (Å²) in [5.41, 5.74) is 2.66. The van der Waals surface area contributed by atoms with E-state index in [1.54, 1.807) is 24.5 Å². The van der Waals surface area contributed by atoms with Crippen LogP contribution in [0.5, 0.6) is 6.01 Å². The second-order valence-corrected chi connectivity index (χ2v) is 9.26. The Hall–Kier alpha value is -3.50. The molecule has 0 aliphatic carbocycles. The lowest BCUT2D eigenvalue weighted by atomic mass is 10.1. The Bertz CT molecular complexity index is 1400. The molecule has 0 unspecified atom stereocenters. The zero-order valence-electron chi connectivity index (χ0n) is 20.0. The lowest BCUT2D eigenvalue weighted by Gasteiger charge is -2.31. The van der Waals surface area contributed by atoms with Crippen molar-refractivity contribution in [1.82, 2.24) is 29.2 Å². The summed E-state index contributed by atoms with van der Waals surface area (Å²) in [6, 6.07) is 10.3. The molecule has 188 valence electrons. The van der Waals surface area contributed by atoms with Crippen LogP contribution in [0.4, 0.5) is 4.39 Å². The van der Waals surface area contributed by atoms with Gasteiger partial charge in [0.05, 0.1) is 36.3 Å². The topological polar surface area (TPSA) is 87.3 Å². The van der Waals surface area contributed by atoms with E-state index >= 15 is 0 Å². The number of fused-ring (bicyclic) bond motifs is 1. The van der Waals surface area contributed by atoms with E-state index in [9.17, 15) is 9.18 Å². The van der Waals surface area contributed by atoms with Gasteiger partial charge >= 0.3 is 12.0 Å². The van der Waals surface area contributed by atoms with Crippen molar-refractivity contribution in [1.29, 1.82) is 0 Å². The molecule has 0 radical (unpaired) electrons. The Kier molecular flexibility index (Phi) is 6.88. The van der Waals surface area contributed by atoms with Crippen LogP contribution >= 0.6 is 11.6 Å². The Morgan fingerprint density at radius 2 is 2.00 bits per heavy atom. The molecule has 1 aliphatic rings. The molecule has 0 N–H and O–H groups in total. The maximum Gasteiger partial charge on any atom is 0.337 e. The molecule has 1 aliphatic heterocycles. The molecule has 2 aromatic heterocycles. The van der Waals surface area contributed by atoms with Crippen molar-refractivity contribution in [2.45, 2.75) is 32.0 Å². The minimum atomic E-state index is -0.418. The zero-order valence-corrected chi connectivity index (χ0v) is 20.8. The van der Waals surface area contributed by atoms with E-state index < -0.39 is 5.82 Å².